The molecule has 0 radical (unpaired) electrons. The third-order valence-corrected chi connectivity index (χ3v) is 3.06. The summed E-state index contributed by atoms with van der Waals surface area (Å²) in [5, 5.41) is 13.0. The molecule has 0 spiro atoms. The maximum Gasteiger partial charge on any atom is 0.338 e. The van der Waals surface area contributed by atoms with Gasteiger partial charge in [-0.1, -0.05) is 6.07 Å². The van der Waals surface area contributed by atoms with E-state index in [4.69, 9.17) is 5.11 Å². The monoisotopic (exact) mass is 246 g/mol. The zero-order valence-electron chi connectivity index (χ0n) is 9.51. The van der Waals surface area contributed by atoms with Gasteiger partial charge in [0, 0.05) is 11.8 Å². The first-order valence-corrected chi connectivity index (χ1v) is 5.73. The third-order valence-electron chi connectivity index (χ3n) is 3.06. The Balaban J connectivity index is 2.04. The maximum absolute atomic E-state index is 13.6. The SMILES string of the molecule is O=C(O)c1ccc(-c2ccnn2C2CC2)cc1F. The molecule has 1 fully saturated rings. The molecule has 3 rings (SSSR count). The van der Waals surface area contributed by atoms with Crippen LogP contribution in [0.2, 0.25) is 0 Å². The molecule has 0 unspecified atom stereocenters. The van der Waals surface area contributed by atoms with E-state index in [1.165, 1.54) is 12.1 Å². The number of hydrogen-bond acceptors (Lipinski definition) is 2. The van der Waals surface area contributed by atoms with Gasteiger partial charge in [-0.15, -0.1) is 0 Å². The predicted octanol–water partition coefficient (Wildman–Crippen LogP) is 2.72. The van der Waals surface area contributed by atoms with Crippen molar-refractivity contribution in [2.45, 2.75) is 18.9 Å². The van der Waals surface area contributed by atoms with E-state index in [0.29, 0.717) is 11.6 Å². The lowest BCUT2D eigenvalue weighted by Gasteiger charge is -2.07. The molecule has 18 heavy (non-hydrogen) atoms. The summed E-state index contributed by atoms with van der Waals surface area (Å²) in [6.45, 7) is 0. The molecule has 1 aromatic carbocycles. The van der Waals surface area contributed by atoms with Gasteiger partial charge >= 0.3 is 5.97 Å². The van der Waals surface area contributed by atoms with Crippen LogP contribution in [0.15, 0.2) is 30.5 Å². The molecule has 1 heterocycles. The zero-order valence-corrected chi connectivity index (χ0v) is 9.51. The summed E-state index contributed by atoms with van der Waals surface area (Å²) in [6, 6.07) is 6.37. The fourth-order valence-corrected chi connectivity index (χ4v) is 2.00. The molecule has 0 bridgehead atoms. The Hall–Kier alpha value is -2.17. The van der Waals surface area contributed by atoms with E-state index < -0.39 is 11.8 Å². The van der Waals surface area contributed by atoms with E-state index in [2.05, 4.69) is 5.10 Å². The number of carboxylic acids is 1. The minimum Gasteiger partial charge on any atom is -0.478 e. The van der Waals surface area contributed by atoms with Crippen molar-refractivity contribution >= 4 is 5.97 Å². The smallest absolute Gasteiger partial charge is 0.338 e. The number of benzene rings is 1. The molecule has 0 aliphatic heterocycles. The van der Waals surface area contributed by atoms with Gasteiger partial charge < -0.3 is 5.11 Å². The molecule has 1 N–H and O–H groups in total. The van der Waals surface area contributed by atoms with Crippen molar-refractivity contribution in [2.24, 2.45) is 0 Å². The van der Waals surface area contributed by atoms with E-state index in [-0.39, 0.29) is 5.56 Å². The molecule has 0 amide bonds. The van der Waals surface area contributed by atoms with Gasteiger partial charge in [0.05, 0.1) is 17.3 Å². The Kier molecular flexibility index (Phi) is 2.40. The van der Waals surface area contributed by atoms with Crippen LogP contribution < -0.4 is 0 Å². The Morgan fingerprint density at radius 3 is 2.78 bits per heavy atom. The third kappa shape index (κ3) is 1.77. The van der Waals surface area contributed by atoms with Crippen molar-refractivity contribution < 1.29 is 14.3 Å². The van der Waals surface area contributed by atoms with Crippen molar-refractivity contribution in [2.75, 3.05) is 0 Å². The van der Waals surface area contributed by atoms with Crippen molar-refractivity contribution in [3.8, 4) is 11.3 Å². The van der Waals surface area contributed by atoms with Crippen molar-refractivity contribution in [1.82, 2.24) is 9.78 Å². The van der Waals surface area contributed by atoms with Gasteiger partial charge in [0.25, 0.3) is 0 Å². The first-order chi connectivity index (χ1) is 8.66. The summed E-state index contributed by atoms with van der Waals surface area (Å²) in [4.78, 5) is 10.7. The summed E-state index contributed by atoms with van der Waals surface area (Å²) in [7, 11) is 0. The maximum atomic E-state index is 13.6. The zero-order chi connectivity index (χ0) is 12.7. The molecule has 1 aliphatic carbocycles. The highest BCUT2D eigenvalue weighted by Gasteiger charge is 2.26. The Morgan fingerprint density at radius 1 is 1.39 bits per heavy atom. The Labute approximate surface area is 103 Å². The largest absolute Gasteiger partial charge is 0.478 e. The summed E-state index contributed by atoms with van der Waals surface area (Å²) < 4.78 is 15.5. The minimum atomic E-state index is -1.25. The van der Waals surface area contributed by atoms with Crippen molar-refractivity contribution in [1.29, 1.82) is 0 Å². The van der Waals surface area contributed by atoms with Gasteiger partial charge in [-0.05, 0) is 31.0 Å². The number of carboxylic acid groups (broad SMARTS) is 1. The van der Waals surface area contributed by atoms with Crippen LogP contribution in [-0.4, -0.2) is 20.9 Å². The van der Waals surface area contributed by atoms with Gasteiger partial charge in [0.15, 0.2) is 0 Å². The van der Waals surface area contributed by atoms with Gasteiger partial charge in [0.2, 0.25) is 0 Å². The minimum absolute atomic E-state index is 0.309. The lowest BCUT2D eigenvalue weighted by atomic mass is 10.1. The molecule has 4 nitrogen and oxygen atoms in total. The van der Waals surface area contributed by atoms with Crippen LogP contribution in [0.5, 0.6) is 0 Å². The highest BCUT2D eigenvalue weighted by atomic mass is 19.1. The average molecular weight is 246 g/mol. The molecule has 1 aromatic heterocycles. The topological polar surface area (TPSA) is 55.1 Å². The predicted molar refractivity (Wildman–Crippen MR) is 62.9 cm³/mol. The molecule has 2 aromatic rings. The second kappa shape index (κ2) is 3.94. The van der Waals surface area contributed by atoms with Crippen LogP contribution >= 0.6 is 0 Å². The number of aromatic nitrogens is 2. The van der Waals surface area contributed by atoms with Gasteiger partial charge in [0.1, 0.15) is 5.82 Å². The van der Waals surface area contributed by atoms with Gasteiger partial charge in [-0.2, -0.15) is 5.10 Å². The highest BCUT2D eigenvalue weighted by molar-refractivity contribution is 5.88. The second-order valence-corrected chi connectivity index (χ2v) is 4.39. The van der Waals surface area contributed by atoms with Crippen LogP contribution in [0.1, 0.15) is 29.2 Å². The Morgan fingerprint density at radius 2 is 2.17 bits per heavy atom. The molecular formula is C13H11FN2O2. The number of rotatable bonds is 3. The van der Waals surface area contributed by atoms with Gasteiger partial charge in [-0.3, -0.25) is 4.68 Å². The number of hydrogen-bond donors (Lipinski definition) is 1. The summed E-state index contributed by atoms with van der Waals surface area (Å²) in [5.41, 5.74) is 1.17. The van der Waals surface area contributed by atoms with E-state index in [1.54, 1.807) is 12.3 Å². The van der Waals surface area contributed by atoms with Crippen LogP contribution in [0.3, 0.4) is 0 Å². The first kappa shape index (κ1) is 11.0. The number of carbonyl (C=O) groups is 1. The van der Waals surface area contributed by atoms with Crippen molar-refractivity contribution in [3.05, 3.63) is 41.8 Å². The van der Waals surface area contributed by atoms with E-state index in [1.807, 2.05) is 10.7 Å². The first-order valence-electron chi connectivity index (χ1n) is 5.73. The molecular weight excluding hydrogens is 235 g/mol. The standard InChI is InChI=1S/C13H11FN2O2/c14-11-7-8(1-4-10(11)13(17)18)12-5-6-15-16(12)9-2-3-9/h1,4-7,9H,2-3H2,(H,17,18). The van der Waals surface area contributed by atoms with Gasteiger partial charge in [-0.25, -0.2) is 9.18 Å². The molecule has 5 heteroatoms. The van der Waals surface area contributed by atoms with E-state index >= 15 is 0 Å². The second-order valence-electron chi connectivity index (χ2n) is 4.39. The van der Waals surface area contributed by atoms with Crippen LogP contribution in [0, 0.1) is 5.82 Å². The quantitative estimate of drug-likeness (QED) is 0.905. The molecule has 92 valence electrons. The average Bonchev–Trinajstić information content (AvgIpc) is 3.06. The fourth-order valence-electron chi connectivity index (χ4n) is 2.00. The molecule has 1 aliphatic rings. The van der Waals surface area contributed by atoms with Crippen LogP contribution in [0.4, 0.5) is 4.39 Å². The number of aromatic carboxylic acids is 1. The summed E-state index contributed by atoms with van der Waals surface area (Å²) in [5.74, 6) is -1.97. The lowest BCUT2D eigenvalue weighted by Crippen LogP contribution is -2.02. The van der Waals surface area contributed by atoms with Crippen LogP contribution in [0.25, 0.3) is 11.3 Å². The van der Waals surface area contributed by atoms with E-state index in [0.717, 1.165) is 18.5 Å². The summed E-state index contributed by atoms with van der Waals surface area (Å²) in [6.07, 6.45) is 3.85. The fraction of sp³-hybridized carbons (Fsp3) is 0.231. The summed E-state index contributed by atoms with van der Waals surface area (Å²) >= 11 is 0. The van der Waals surface area contributed by atoms with Crippen LogP contribution in [-0.2, 0) is 0 Å². The number of nitrogens with zero attached hydrogens (tertiary/aromatic N) is 2. The van der Waals surface area contributed by atoms with E-state index in [9.17, 15) is 9.18 Å². The molecule has 1 saturated carbocycles. The Bertz CT molecular complexity index is 617. The normalized spacial score (nSPS) is 14.7. The molecule has 0 saturated heterocycles. The van der Waals surface area contributed by atoms with Crippen molar-refractivity contribution in [3.63, 3.8) is 0 Å². The highest BCUT2D eigenvalue weighted by Crippen LogP contribution is 2.37. The lowest BCUT2D eigenvalue weighted by molar-refractivity contribution is 0.0692. The number of halogens is 1. The molecule has 0 atom stereocenters.